The molecule has 0 saturated carbocycles. The first-order valence-electron chi connectivity index (χ1n) is 13.6. The van der Waals surface area contributed by atoms with E-state index in [1.165, 1.54) is 19.6 Å². The number of anilines is 1. The predicted molar refractivity (Wildman–Crippen MR) is 168 cm³/mol. The Morgan fingerprint density at radius 2 is 1.68 bits per heavy atom. The molecule has 0 saturated heterocycles. The average Bonchev–Trinajstić information content (AvgIpc) is 3.41. The molecule has 1 aliphatic heterocycles. The summed E-state index contributed by atoms with van der Waals surface area (Å²) in [5.41, 5.74) is 3.01. The van der Waals surface area contributed by atoms with Crippen LogP contribution in [0.25, 0.3) is 16.3 Å². The van der Waals surface area contributed by atoms with Crippen molar-refractivity contribution in [3.63, 3.8) is 0 Å². The number of aryl methyl sites for hydroxylation is 2. The van der Waals surface area contributed by atoms with E-state index in [4.69, 9.17) is 4.55 Å². The quantitative estimate of drug-likeness (QED) is 0.216. The van der Waals surface area contributed by atoms with Crippen molar-refractivity contribution in [1.82, 2.24) is 4.90 Å². The summed E-state index contributed by atoms with van der Waals surface area (Å²) in [5, 5.41) is 1.81. The van der Waals surface area contributed by atoms with Gasteiger partial charge in [0.05, 0.1) is 32.7 Å². The summed E-state index contributed by atoms with van der Waals surface area (Å²) in [7, 11) is -8.35. The van der Waals surface area contributed by atoms with Crippen molar-refractivity contribution < 1.29 is 30.5 Å². The molecule has 1 aromatic heterocycles. The number of thioether (sulfide) groups is 1. The van der Waals surface area contributed by atoms with E-state index in [1.54, 1.807) is 23.1 Å². The number of benzene rings is 2. The minimum Gasteiger partial charge on any atom is -0.748 e. The summed E-state index contributed by atoms with van der Waals surface area (Å²) >= 11 is 3.14. The highest BCUT2D eigenvalue weighted by molar-refractivity contribution is 8.04. The zero-order valence-corrected chi connectivity index (χ0v) is 27.2. The van der Waals surface area contributed by atoms with Gasteiger partial charge in [-0.25, -0.2) is 8.42 Å². The third-order valence-corrected chi connectivity index (χ3v) is 10.5. The Bertz CT molecular complexity index is 1560. The molecule has 2 aromatic carbocycles. The Balaban J connectivity index is 0.000000587. The molecular weight excluding hydrogens is 603 g/mol. The highest BCUT2D eigenvalue weighted by atomic mass is 32.2. The molecule has 3 aromatic rings. The molecule has 0 spiro atoms. The van der Waals surface area contributed by atoms with Gasteiger partial charge >= 0.3 is 0 Å². The minimum atomic E-state index is -4.30. The van der Waals surface area contributed by atoms with Crippen molar-refractivity contribution in [2.24, 2.45) is 0 Å². The summed E-state index contributed by atoms with van der Waals surface area (Å²) in [4.78, 5) is 5.45. The molecule has 41 heavy (non-hydrogen) atoms. The molecule has 0 amide bonds. The lowest BCUT2D eigenvalue weighted by Gasteiger charge is -2.21. The van der Waals surface area contributed by atoms with E-state index in [0.717, 1.165) is 36.4 Å². The van der Waals surface area contributed by atoms with E-state index in [2.05, 4.69) is 25.7 Å². The first-order chi connectivity index (χ1) is 19.3. The van der Waals surface area contributed by atoms with Gasteiger partial charge in [-0.15, -0.1) is 0 Å². The number of para-hydroxylation sites is 1. The lowest BCUT2D eigenvalue weighted by molar-refractivity contribution is -0.668. The van der Waals surface area contributed by atoms with Crippen molar-refractivity contribution in [2.75, 3.05) is 42.6 Å². The Morgan fingerprint density at radius 1 is 1.00 bits per heavy atom. The average molecular weight is 642 g/mol. The maximum Gasteiger partial charge on any atom is 0.265 e. The number of hydrogen-bond acceptors (Lipinski definition) is 9. The fraction of sp³-hybridized carbons (Fsp3) is 0.464. The highest BCUT2D eigenvalue weighted by Crippen LogP contribution is 2.47. The van der Waals surface area contributed by atoms with Gasteiger partial charge in [-0.3, -0.25) is 4.55 Å². The zero-order valence-electron chi connectivity index (χ0n) is 23.9. The van der Waals surface area contributed by atoms with Gasteiger partial charge in [0.2, 0.25) is 5.52 Å². The fourth-order valence-electron chi connectivity index (χ4n) is 4.52. The second kappa shape index (κ2) is 14.9. The number of aromatic nitrogens is 1. The molecule has 0 fully saturated rings. The maximum atomic E-state index is 11.2. The first-order valence-corrected chi connectivity index (χ1v) is 18.5. The van der Waals surface area contributed by atoms with Crippen LogP contribution in [0.5, 0.6) is 0 Å². The normalized spacial score (nSPS) is 14.5. The van der Waals surface area contributed by atoms with Crippen LogP contribution in [0, 0.1) is 6.92 Å². The molecule has 1 aliphatic rings. The van der Waals surface area contributed by atoms with Crippen molar-refractivity contribution in [3.8, 4) is 0 Å². The van der Waals surface area contributed by atoms with Crippen LogP contribution in [-0.4, -0.2) is 68.5 Å². The molecule has 2 heterocycles. The Kier molecular flexibility index (Phi) is 12.2. The largest absolute Gasteiger partial charge is 0.748 e. The fourth-order valence-corrected chi connectivity index (χ4v) is 7.80. The second-order valence-electron chi connectivity index (χ2n) is 9.64. The van der Waals surface area contributed by atoms with E-state index in [1.807, 2.05) is 64.9 Å². The summed E-state index contributed by atoms with van der Waals surface area (Å²) < 4.78 is 68.1. The van der Waals surface area contributed by atoms with Crippen molar-refractivity contribution >= 4 is 65.3 Å². The molecule has 4 rings (SSSR count). The highest BCUT2D eigenvalue weighted by Gasteiger charge is 2.28. The van der Waals surface area contributed by atoms with E-state index < -0.39 is 26.0 Å². The number of fused-ring (bicyclic) bond motifs is 2. The lowest BCUT2D eigenvalue weighted by atomic mass is 10.2. The number of hydrogen-bond donors (Lipinski definition) is 1. The summed E-state index contributed by atoms with van der Waals surface area (Å²) in [6.45, 7) is 12.9. The van der Waals surface area contributed by atoms with Crippen LogP contribution < -0.4 is 9.47 Å². The molecule has 13 heteroatoms. The Hall–Kier alpha value is -2.00. The van der Waals surface area contributed by atoms with Crippen LogP contribution in [0.4, 0.5) is 5.69 Å². The molecule has 0 bridgehead atoms. The van der Waals surface area contributed by atoms with Gasteiger partial charge < -0.3 is 14.4 Å². The third-order valence-electron chi connectivity index (χ3n) is 6.67. The molecule has 9 nitrogen and oxygen atoms in total. The zero-order chi connectivity index (χ0) is 30.2. The van der Waals surface area contributed by atoms with Crippen molar-refractivity contribution in [2.45, 2.75) is 52.0 Å². The summed E-state index contributed by atoms with van der Waals surface area (Å²) in [6, 6.07) is 13.9. The van der Waals surface area contributed by atoms with Crippen LogP contribution in [0.1, 0.15) is 44.2 Å². The van der Waals surface area contributed by atoms with Gasteiger partial charge in [0.1, 0.15) is 4.70 Å². The third kappa shape index (κ3) is 10.1. The van der Waals surface area contributed by atoms with Gasteiger partial charge in [0.15, 0.2) is 6.54 Å². The number of rotatable bonds is 12. The molecule has 0 atom stereocenters. The Labute approximate surface area is 252 Å². The SMILES string of the molecule is CCN(CC)CC.Cc1ccc2c(c1)N(CCCS(=O)(=O)[O-])/C(=C/c1sc3ccccc3[n+]1CCCS(=O)(=O)O)S2. The van der Waals surface area contributed by atoms with Gasteiger partial charge in [0, 0.05) is 29.7 Å². The van der Waals surface area contributed by atoms with Crippen molar-refractivity contribution in [1.29, 1.82) is 0 Å². The number of thiazole rings is 1. The predicted octanol–water partition coefficient (Wildman–Crippen LogP) is 4.97. The first kappa shape index (κ1) is 33.5. The summed E-state index contributed by atoms with van der Waals surface area (Å²) in [5.74, 6) is -0.753. The van der Waals surface area contributed by atoms with Gasteiger partial charge in [-0.2, -0.15) is 13.0 Å². The standard InChI is InChI=1S/C22H24N2O6S4.C6H15N/c1-16-8-9-20-18(14-16)24(11-5-13-34(28,29)30)22(32-20)15-21-23(10-4-12-33(25,26)27)17-6-2-3-7-19(17)31-21;1-4-7(5-2)6-3/h2-3,6-9,14-15H,4-5,10-13H2,1H3,(H-,25,26,27,28,29,30);4-6H2,1-3H3. The molecule has 0 radical (unpaired) electrons. The van der Waals surface area contributed by atoms with Gasteiger partial charge in [-0.1, -0.05) is 62.1 Å². The van der Waals surface area contributed by atoms with Gasteiger partial charge in [-0.05, 0) is 56.7 Å². The topological polar surface area (TPSA) is 122 Å². The van der Waals surface area contributed by atoms with Crippen LogP contribution >= 0.6 is 23.1 Å². The van der Waals surface area contributed by atoms with Crippen LogP contribution in [0.2, 0.25) is 0 Å². The van der Waals surface area contributed by atoms with E-state index in [9.17, 15) is 21.4 Å². The summed E-state index contributed by atoms with van der Waals surface area (Å²) in [6.07, 6.45) is 2.49. The van der Waals surface area contributed by atoms with E-state index in [0.29, 0.717) is 13.1 Å². The molecule has 0 aliphatic carbocycles. The molecule has 1 N–H and O–H groups in total. The minimum absolute atomic E-state index is 0.206. The second-order valence-corrected chi connectivity index (χ2v) is 14.9. The molecule has 226 valence electrons. The van der Waals surface area contributed by atoms with Crippen molar-refractivity contribution in [3.05, 3.63) is 58.1 Å². The number of nitrogens with zero attached hydrogens (tertiary/aromatic N) is 3. The van der Waals surface area contributed by atoms with E-state index in [-0.39, 0.29) is 18.6 Å². The molecular formula is C28H39N3O6S4. The monoisotopic (exact) mass is 641 g/mol. The maximum absolute atomic E-state index is 11.2. The van der Waals surface area contributed by atoms with Gasteiger partial charge in [0.25, 0.3) is 15.1 Å². The van der Waals surface area contributed by atoms with Crippen LogP contribution in [-0.2, 0) is 26.8 Å². The van der Waals surface area contributed by atoms with E-state index >= 15 is 0 Å². The lowest BCUT2D eigenvalue weighted by Crippen LogP contribution is -2.36. The Morgan fingerprint density at radius 3 is 2.29 bits per heavy atom. The van der Waals surface area contributed by atoms with Crippen LogP contribution in [0.15, 0.2) is 52.4 Å². The smallest absolute Gasteiger partial charge is 0.265 e. The molecule has 0 unspecified atom stereocenters. The van der Waals surface area contributed by atoms with Crippen LogP contribution in [0.3, 0.4) is 0 Å².